The molecular weight excluding hydrogens is 528 g/mol. The molecule has 1 saturated heterocycles. The lowest BCUT2D eigenvalue weighted by atomic mass is 10.0. The number of aliphatic carboxylic acids is 1. The van der Waals surface area contributed by atoms with E-state index in [2.05, 4.69) is 25.6 Å². The number of nitrogens with two attached hydrogens (primary N) is 2. The molecule has 13 nitrogen and oxygen atoms in total. The first-order valence-corrected chi connectivity index (χ1v) is 13.9. The van der Waals surface area contributed by atoms with Gasteiger partial charge in [-0.2, -0.15) is 0 Å². The number of imidazole rings is 1. The summed E-state index contributed by atoms with van der Waals surface area (Å²) in [6, 6.07) is 3.66. The maximum Gasteiger partial charge on any atom is 0.326 e. The highest BCUT2D eigenvalue weighted by Crippen LogP contribution is 2.23. The molecule has 0 aliphatic carbocycles. The molecule has 1 aliphatic rings. The first-order chi connectivity index (χ1) is 19.8. The van der Waals surface area contributed by atoms with Gasteiger partial charge in [0.2, 0.25) is 17.7 Å². The lowest BCUT2D eigenvalue weighted by Crippen LogP contribution is -2.58. The molecule has 220 valence electrons. The van der Waals surface area contributed by atoms with Crippen molar-refractivity contribution in [3.63, 3.8) is 0 Å². The van der Waals surface area contributed by atoms with E-state index in [0.29, 0.717) is 37.9 Å². The van der Waals surface area contributed by atoms with Crippen LogP contribution in [0.2, 0.25) is 0 Å². The lowest BCUT2D eigenvalue weighted by molar-refractivity contribution is -0.149. The smallest absolute Gasteiger partial charge is 0.326 e. The Morgan fingerprint density at radius 2 is 1.85 bits per heavy atom. The number of nitrogens with one attached hydrogen (secondary N) is 4. The Morgan fingerprint density at radius 3 is 2.59 bits per heavy atom. The van der Waals surface area contributed by atoms with Gasteiger partial charge in [-0.25, -0.2) is 9.78 Å². The number of amides is 3. The van der Waals surface area contributed by atoms with Gasteiger partial charge in [0, 0.05) is 48.4 Å². The molecule has 1 aromatic carbocycles. The van der Waals surface area contributed by atoms with Gasteiger partial charge in [0.1, 0.15) is 18.1 Å². The van der Waals surface area contributed by atoms with E-state index in [9.17, 15) is 24.3 Å². The Balaban J connectivity index is 1.57. The van der Waals surface area contributed by atoms with Crippen molar-refractivity contribution < 1.29 is 24.3 Å². The zero-order chi connectivity index (χ0) is 29.4. The molecule has 0 saturated carbocycles. The number of benzene rings is 1. The van der Waals surface area contributed by atoms with Crippen molar-refractivity contribution in [2.75, 3.05) is 13.1 Å². The van der Waals surface area contributed by atoms with Crippen LogP contribution < -0.4 is 22.1 Å². The van der Waals surface area contributed by atoms with Crippen LogP contribution in [0, 0.1) is 0 Å². The number of para-hydroxylation sites is 1. The zero-order valence-electron chi connectivity index (χ0n) is 22.8. The van der Waals surface area contributed by atoms with Crippen LogP contribution in [0.25, 0.3) is 10.9 Å². The molecule has 0 bridgehead atoms. The number of unbranched alkanes of at least 4 members (excludes halogenated alkanes) is 1. The van der Waals surface area contributed by atoms with Gasteiger partial charge >= 0.3 is 5.97 Å². The molecule has 1 aliphatic heterocycles. The Bertz CT molecular complexity index is 1340. The van der Waals surface area contributed by atoms with Crippen molar-refractivity contribution in [3.05, 3.63) is 54.2 Å². The van der Waals surface area contributed by atoms with Crippen LogP contribution in [0.4, 0.5) is 0 Å². The molecule has 13 heteroatoms. The average Bonchev–Trinajstić information content (AvgIpc) is 3.73. The van der Waals surface area contributed by atoms with Crippen LogP contribution in [0.15, 0.2) is 43.0 Å². The van der Waals surface area contributed by atoms with Crippen molar-refractivity contribution in [2.24, 2.45) is 11.5 Å². The number of nitrogens with zero attached hydrogens (tertiary/aromatic N) is 2. The second-order valence-electron chi connectivity index (χ2n) is 10.4. The second-order valence-corrected chi connectivity index (χ2v) is 10.4. The van der Waals surface area contributed by atoms with Crippen molar-refractivity contribution in [2.45, 2.75) is 69.1 Å². The number of hydrogen-bond donors (Lipinski definition) is 7. The van der Waals surface area contributed by atoms with E-state index in [0.717, 1.165) is 22.9 Å². The first kappa shape index (κ1) is 29.7. The molecule has 0 spiro atoms. The minimum Gasteiger partial charge on any atom is -0.480 e. The molecule has 2 aromatic heterocycles. The fourth-order valence-electron chi connectivity index (χ4n) is 5.22. The molecular formula is C28H38N8O5. The third kappa shape index (κ3) is 7.50. The van der Waals surface area contributed by atoms with E-state index in [4.69, 9.17) is 11.5 Å². The van der Waals surface area contributed by atoms with Gasteiger partial charge in [0.25, 0.3) is 0 Å². The topological polar surface area (TPSA) is 212 Å². The fraction of sp³-hybridized carbons (Fsp3) is 0.464. The molecule has 3 heterocycles. The van der Waals surface area contributed by atoms with Gasteiger partial charge in [-0.15, -0.1) is 0 Å². The maximum atomic E-state index is 13.8. The van der Waals surface area contributed by atoms with Crippen LogP contribution >= 0.6 is 0 Å². The summed E-state index contributed by atoms with van der Waals surface area (Å²) in [4.78, 5) is 63.7. The quantitative estimate of drug-likeness (QED) is 0.133. The summed E-state index contributed by atoms with van der Waals surface area (Å²) in [5, 5.41) is 16.1. The normalized spacial score (nSPS) is 17.2. The molecule has 0 radical (unpaired) electrons. The van der Waals surface area contributed by atoms with Crippen molar-refractivity contribution in [1.82, 2.24) is 30.5 Å². The average molecular weight is 567 g/mol. The van der Waals surface area contributed by atoms with Crippen LogP contribution in [-0.2, 0) is 32.0 Å². The number of carboxylic acids is 1. The molecule has 9 N–H and O–H groups in total. The Morgan fingerprint density at radius 1 is 1.07 bits per heavy atom. The SMILES string of the molecule is NCCCCC(N)C(=O)NC(Cc1cnc[nH]1)C(=O)NC(Cc1c[nH]c2ccccc12)C(=O)N1CCCC1C(=O)O. The van der Waals surface area contributed by atoms with Crippen LogP contribution in [0.3, 0.4) is 0 Å². The number of carbonyl (C=O) groups is 4. The molecule has 4 atom stereocenters. The van der Waals surface area contributed by atoms with E-state index in [-0.39, 0.29) is 19.4 Å². The Labute approximate surface area is 237 Å². The largest absolute Gasteiger partial charge is 0.480 e. The number of rotatable bonds is 14. The summed E-state index contributed by atoms with van der Waals surface area (Å²) < 4.78 is 0. The van der Waals surface area contributed by atoms with Gasteiger partial charge in [-0.05, 0) is 43.9 Å². The van der Waals surface area contributed by atoms with E-state index in [1.807, 2.05) is 24.3 Å². The van der Waals surface area contributed by atoms with Gasteiger partial charge in [-0.3, -0.25) is 14.4 Å². The van der Waals surface area contributed by atoms with E-state index in [1.165, 1.54) is 11.2 Å². The maximum absolute atomic E-state index is 13.8. The highest BCUT2D eigenvalue weighted by molar-refractivity contribution is 5.95. The molecule has 4 unspecified atom stereocenters. The lowest BCUT2D eigenvalue weighted by Gasteiger charge is -2.29. The van der Waals surface area contributed by atoms with Crippen LogP contribution in [-0.4, -0.2) is 85.9 Å². The number of H-pyrrole nitrogens is 2. The second kappa shape index (κ2) is 13.9. The third-order valence-corrected chi connectivity index (χ3v) is 7.45. The van der Waals surface area contributed by atoms with Crippen LogP contribution in [0.1, 0.15) is 43.4 Å². The van der Waals surface area contributed by atoms with Gasteiger partial charge in [0.05, 0.1) is 12.4 Å². The number of aromatic nitrogens is 3. The number of hydrogen-bond acceptors (Lipinski definition) is 7. The standard InChI is InChI=1S/C28H38N8O5/c29-10-4-3-7-20(30)25(37)34-22(13-18-15-31-16-33-18)26(38)35-23(27(39)36-11-5-9-24(36)28(40)41)12-17-14-32-21-8-2-1-6-19(17)21/h1-2,6,8,14-16,20,22-24,32H,3-5,7,9-13,29-30H2,(H,31,33)(H,34,37)(H,35,38)(H,40,41). The van der Waals surface area contributed by atoms with E-state index in [1.54, 1.807) is 12.4 Å². The van der Waals surface area contributed by atoms with Crippen LogP contribution in [0.5, 0.6) is 0 Å². The number of fused-ring (bicyclic) bond motifs is 1. The summed E-state index contributed by atoms with van der Waals surface area (Å²) in [5.74, 6) is -2.65. The predicted molar refractivity (Wildman–Crippen MR) is 151 cm³/mol. The highest BCUT2D eigenvalue weighted by Gasteiger charge is 2.38. The number of carbonyl (C=O) groups excluding carboxylic acids is 3. The van der Waals surface area contributed by atoms with Gasteiger partial charge < -0.3 is 42.1 Å². The fourth-order valence-corrected chi connectivity index (χ4v) is 5.22. The Hall–Kier alpha value is -4.23. The summed E-state index contributed by atoms with van der Waals surface area (Å²) in [6.45, 7) is 0.771. The molecule has 3 amide bonds. The zero-order valence-corrected chi connectivity index (χ0v) is 22.8. The molecule has 3 aromatic rings. The molecule has 1 fully saturated rings. The Kier molecular flexibility index (Phi) is 10.1. The van der Waals surface area contributed by atoms with E-state index >= 15 is 0 Å². The minimum atomic E-state index is -1.08. The number of carboxylic acid groups (broad SMARTS) is 1. The molecule has 41 heavy (non-hydrogen) atoms. The summed E-state index contributed by atoms with van der Waals surface area (Å²) in [7, 11) is 0. The van der Waals surface area contributed by atoms with Gasteiger partial charge in [-0.1, -0.05) is 24.6 Å². The first-order valence-electron chi connectivity index (χ1n) is 13.9. The number of aromatic amines is 2. The minimum absolute atomic E-state index is 0.0859. The predicted octanol–water partition coefficient (Wildman–Crippen LogP) is 0.178. The summed E-state index contributed by atoms with van der Waals surface area (Å²) in [6.07, 6.45) is 7.70. The third-order valence-electron chi connectivity index (χ3n) is 7.45. The van der Waals surface area contributed by atoms with Crippen molar-refractivity contribution in [1.29, 1.82) is 0 Å². The number of likely N-dealkylation sites (tertiary alicyclic amines) is 1. The summed E-state index contributed by atoms with van der Waals surface area (Å²) >= 11 is 0. The van der Waals surface area contributed by atoms with E-state index < -0.39 is 47.9 Å². The highest BCUT2D eigenvalue weighted by atomic mass is 16.4. The monoisotopic (exact) mass is 566 g/mol. The summed E-state index contributed by atoms with van der Waals surface area (Å²) in [5.41, 5.74) is 13.9. The molecule has 4 rings (SSSR count). The van der Waals surface area contributed by atoms with Crippen molar-refractivity contribution >= 4 is 34.6 Å². The van der Waals surface area contributed by atoms with Gasteiger partial charge in [0.15, 0.2) is 0 Å². The van der Waals surface area contributed by atoms with Crippen molar-refractivity contribution in [3.8, 4) is 0 Å².